The number of aromatic nitrogens is 2. The molecule has 2 aromatic carbocycles. The number of imidazole rings is 1. The van der Waals surface area contributed by atoms with Crippen molar-refractivity contribution in [2.45, 2.75) is 23.8 Å². The fourth-order valence-corrected chi connectivity index (χ4v) is 4.95. The van der Waals surface area contributed by atoms with Crippen LogP contribution in [-0.4, -0.2) is 54.8 Å². The van der Waals surface area contributed by atoms with Gasteiger partial charge in [-0.3, -0.25) is 4.79 Å². The van der Waals surface area contributed by atoms with E-state index in [4.69, 9.17) is 4.74 Å². The first-order valence-corrected chi connectivity index (χ1v) is 10.8. The summed E-state index contributed by atoms with van der Waals surface area (Å²) in [6.07, 6.45) is 2.71. The highest BCUT2D eigenvalue weighted by Gasteiger charge is 2.30. The van der Waals surface area contributed by atoms with Gasteiger partial charge in [-0.2, -0.15) is 4.31 Å². The van der Waals surface area contributed by atoms with Gasteiger partial charge in [0.25, 0.3) is 5.91 Å². The largest absolute Gasteiger partial charge is 0.497 e. The van der Waals surface area contributed by atoms with E-state index in [1.807, 2.05) is 0 Å². The molecule has 0 bridgehead atoms. The number of benzene rings is 2. The number of hydrogen-bond acceptors (Lipinski definition) is 5. The number of amides is 1. The van der Waals surface area contributed by atoms with E-state index < -0.39 is 10.0 Å². The number of fused-ring (bicyclic) bond motifs is 1. The topological polar surface area (TPSA) is 104 Å². The van der Waals surface area contributed by atoms with Gasteiger partial charge in [0.2, 0.25) is 10.0 Å². The van der Waals surface area contributed by atoms with Gasteiger partial charge in [0, 0.05) is 24.7 Å². The third-order valence-electron chi connectivity index (χ3n) is 5.17. The van der Waals surface area contributed by atoms with Gasteiger partial charge in [0.05, 0.1) is 29.4 Å². The monoisotopic (exact) mass is 414 g/mol. The summed E-state index contributed by atoms with van der Waals surface area (Å²) in [6, 6.07) is 11.6. The molecule has 152 valence electrons. The van der Waals surface area contributed by atoms with Crippen LogP contribution in [0, 0.1) is 0 Å². The first-order valence-electron chi connectivity index (χ1n) is 9.35. The van der Waals surface area contributed by atoms with Crippen LogP contribution in [0.4, 0.5) is 0 Å². The second-order valence-electron chi connectivity index (χ2n) is 6.96. The van der Waals surface area contributed by atoms with Crippen molar-refractivity contribution >= 4 is 27.0 Å². The van der Waals surface area contributed by atoms with E-state index in [2.05, 4.69) is 15.3 Å². The molecule has 0 unspecified atom stereocenters. The number of methoxy groups -OCH3 is 1. The van der Waals surface area contributed by atoms with E-state index in [0.717, 1.165) is 11.0 Å². The van der Waals surface area contributed by atoms with Crippen LogP contribution >= 0.6 is 0 Å². The zero-order valence-corrected chi connectivity index (χ0v) is 16.8. The highest BCUT2D eigenvalue weighted by Crippen LogP contribution is 2.23. The Kier molecular flexibility index (Phi) is 5.25. The van der Waals surface area contributed by atoms with Crippen LogP contribution in [0.2, 0.25) is 0 Å². The minimum atomic E-state index is -3.55. The Balaban J connectivity index is 1.37. The zero-order chi connectivity index (χ0) is 20.4. The molecule has 0 spiro atoms. The number of nitrogens with zero attached hydrogens (tertiary/aromatic N) is 2. The third-order valence-corrected chi connectivity index (χ3v) is 7.08. The minimum Gasteiger partial charge on any atom is -0.497 e. The molecule has 1 aliphatic heterocycles. The lowest BCUT2D eigenvalue weighted by Crippen LogP contribution is -2.46. The van der Waals surface area contributed by atoms with Crippen LogP contribution < -0.4 is 10.1 Å². The van der Waals surface area contributed by atoms with E-state index >= 15 is 0 Å². The van der Waals surface area contributed by atoms with Gasteiger partial charge in [-0.05, 0) is 55.3 Å². The number of carbonyl (C=O) groups is 1. The average molecular weight is 414 g/mol. The lowest BCUT2D eigenvalue weighted by molar-refractivity contribution is 0.0924. The molecule has 1 saturated heterocycles. The highest BCUT2D eigenvalue weighted by molar-refractivity contribution is 7.89. The van der Waals surface area contributed by atoms with Gasteiger partial charge >= 0.3 is 0 Å². The first-order chi connectivity index (χ1) is 14.0. The number of H-pyrrole nitrogens is 1. The molecular weight excluding hydrogens is 392 g/mol. The molecule has 0 saturated carbocycles. The van der Waals surface area contributed by atoms with Crippen LogP contribution in [-0.2, 0) is 10.0 Å². The van der Waals surface area contributed by atoms with Gasteiger partial charge in [0.1, 0.15) is 5.75 Å². The van der Waals surface area contributed by atoms with Crippen molar-refractivity contribution < 1.29 is 17.9 Å². The smallest absolute Gasteiger partial charge is 0.251 e. The molecule has 8 nitrogen and oxygen atoms in total. The van der Waals surface area contributed by atoms with Crippen LogP contribution in [0.15, 0.2) is 53.7 Å². The fraction of sp³-hybridized carbons (Fsp3) is 0.300. The number of ether oxygens (including phenoxy) is 1. The average Bonchev–Trinajstić information content (AvgIpc) is 3.22. The molecule has 1 aliphatic rings. The second-order valence-corrected chi connectivity index (χ2v) is 8.90. The van der Waals surface area contributed by atoms with E-state index in [1.54, 1.807) is 48.8 Å². The number of aromatic amines is 1. The third kappa shape index (κ3) is 3.96. The van der Waals surface area contributed by atoms with Crippen molar-refractivity contribution in [2.24, 2.45) is 0 Å². The van der Waals surface area contributed by atoms with Gasteiger partial charge in [-0.15, -0.1) is 0 Å². The molecule has 2 N–H and O–H groups in total. The summed E-state index contributed by atoms with van der Waals surface area (Å²) in [6.45, 7) is 0.720. The Morgan fingerprint density at radius 1 is 1.17 bits per heavy atom. The summed E-state index contributed by atoms with van der Waals surface area (Å²) in [5.41, 5.74) is 2.16. The summed E-state index contributed by atoms with van der Waals surface area (Å²) in [7, 11) is -2.02. The maximum absolute atomic E-state index is 12.8. The number of hydrogen-bond donors (Lipinski definition) is 2. The van der Waals surface area contributed by atoms with Gasteiger partial charge in [-0.1, -0.05) is 0 Å². The molecule has 9 heteroatoms. The summed E-state index contributed by atoms with van der Waals surface area (Å²) in [4.78, 5) is 19.9. The maximum atomic E-state index is 12.8. The molecule has 0 aliphatic carbocycles. The van der Waals surface area contributed by atoms with Crippen LogP contribution in [0.5, 0.6) is 5.75 Å². The SMILES string of the molecule is COc1ccc(S(=O)(=O)N2CCC(NC(=O)c3ccc4nc[nH]c4c3)CC2)cc1. The van der Waals surface area contributed by atoms with Crippen molar-refractivity contribution in [1.82, 2.24) is 19.6 Å². The van der Waals surface area contributed by atoms with E-state index in [-0.39, 0.29) is 16.8 Å². The minimum absolute atomic E-state index is 0.0673. The predicted octanol–water partition coefficient (Wildman–Crippen LogP) is 2.15. The van der Waals surface area contributed by atoms with Crippen molar-refractivity contribution in [1.29, 1.82) is 0 Å². The van der Waals surface area contributed by atoms with Crippen LogP contribution in [0.1, 0.15) is 23.2 Å². The molecular formula is C20H22N4O4S. The van der Waals surface area contributed by atoms with E-state index in [9.17, 15) is 13.2 Å². The maximum Gasteiger partial charge on any atom is 0.251 e. The van der Waals surface area contributed by atoms with Gasteiger partial charge in [-0.25, -0.2) is 13.4 Å². The number of sulfonamides is 1. The molecule has 1 aromatic heterocycles. The summed E-state index contributed by atoms with van der Waals surface area (Å²) in [5, 5.41) is 3.01. The van der Waals surface area contributed by atoms with Crippen molar-refractivity contribution in [3.05, 3.63) is 54.4 Å². The summed E-state index contributed by atoms with van der Waals surface area (Å²) >= 11 is 0. The lowest BCUT2D eigenvalue weighted by atomic mass is 10.1. The molecule has 2 heterocycles. The van der Waals surface area contributed by atoms with E-state index in [1.165, 1.54) is 11.4 Å². The van der Waals surface area contributed by atoms with Crippen LogP contribution in [0.3, 0.4) is 0 Å². The number of piperidine rings is 1. The Bertz CT molecular complexity index is 1120. The van der Waals surface area contributed by atoms with Crippen molar-refractivity contribution in [3.8, 4) is 5.75 Å². The van der Waals surface area contributed by atoms with E-state index in [0.29, 0.717) is 37.2 Å². The molecule has 4 rings (SSSR count). The van der Waals surface area contributed by atoms with Crippen molar-refractivity contribution in [2.75, 3.05) is 20.2 Å². The standard InChI is InChI=1S/C20H22N4O4S/c1-28-16-3-5-17(6-4-16)29(26,27)24-10-8-15(9-11-24)23-20(25)14-2-7-18-19(12-14)22-13-21-18/h2-7,12-13,15H,8-11H2,1H3,(H,21,22)(H,23,25). The number of rotatable bonds is 5. The Labute approximate surface area is 168 Å². The number of nitrogens with one attached hydrogen (secondary N) is 2. The van der Waals surface area contributed by atoms with Gasteiger partial charge in [0.15, 0.2) is 0 Å². The predicted molar refractivity (Wildman–Crippen MR) is 108 cm³/mol. The lowest BCUT2D eigenvalue weighted by Gasteiger charge is -2.31. The summed E-state index contributed by atoms with van der Waals surface area (Å²) in [5.74, 6) is 0.441. The quantitative estimate of drug-likeness (QED) is 0.666. The zero-order valence-electron chi connectivity index (χ0n) is 16.0. The Morgan fingerprint density at radius 2 is 1.90 bits per heavy atom. The van der Waals surface area contributed by atoms with Crippen LogP contribution in [0.25, 0.3) is 11.0 Å². The molecule has 29 heavy (non-hydrogen) atoms. The first kappa shape index (κ1) is 19.4. The Morgan fingerprint density at radius 3 is 2.59 bits per heavy atom. The summed E-state index contributed by atoms with van der Waals surface area (Å²) < 4.78 is 32.2. The van der Waals surface area contributed by atoms with Crippen molar-refractivity contribution in [3.63, 3.8) is 0 Å². The number of carbonyl (C=O) groups excluding carboxylic acids is 1. The fourth-order valence-electron chi connectivity index (χ4n) is 3.48. The normalized spacial score (nSPS) is 16.0. The Hall–Kier alpha value is -2.91. The second kappa shape index (κ2) is 7.84. The molecule has 3 aromatic rings. The molecule has 1 amide bonds. The van der Waals surface area contributed by atoms with Gasteiger partial charge < -0.3 is 15.0 Å². The molecule has 0 radical (unpaired) electrons. The molecule has 1 fully saturated rings. The highest BCUT2D eigenvalue weighted by atomic mass is 32.2. The molecule has 0 atom stereocenters.